The summed E-state index contributed by atoms with van der Waals surface area (Å²) < 4.78 is 56.5. The van der Waals surface area contributed by atoms with Crippen molar-refractivity contribution in [2.75, 3.05) is 5.32 Å². The van der Waals surface area contributed by atoms with Crippen LogP contribution < -0.4 is 5.32 Å². The molecule has 1 amide bonds. The minimum Gasteiger partial charge on any atom is -0.322 e. The summed E-state index contributed by atoms with van der Waals surface area (Å²) in [4.78, 5) is 20.6. The molecular weight excluding hydrogens is 488 g/mol. The number of carbonyl (C=O) groups is 1. The fraction of sp³-hybridized carbons (Fsp3) is 0.0769. The number of aromatic nitrogens is 5. The molecule has 11 heteroatoms. The predicted molar refractivity (Wildman–Crippen MR) is 127 cm³/mol. The number of nitrogens with one attached hydrogen (secondary N) is 1. The van der Waals surface area contributed by atoms with Crippen molar-refractivity contribution in [2.45, 2.75) is 13.1 Å². The molecule has 37 heavy (non-hydrogen) atoms. The van der Waals surface area contributed by atoms with E-state index in [2.05, 4.69) is 32.2 Å². The van der Waals surface area contributed by atoms with Gasteiger partial charge in [-0.25, -0.2) is 14.5 Å². The average molecular weight is 504 g/mol. The number of amides is 1. The number of rotatable bonds is 3. The van der Waals surface area contributed by atoms with Gasteiger partial charge >= 0.3 is 6.18 Å². The highest BCUT2D eigenvalue weighted by Gasteiger charge is 2.31. The zero-order valence-electron chi connectivity index (χ0n) is 19.1. The van der Waals surface area contributed by atoms with Gasteiger partial charge in [0.15, 0.2) is 5.65 Å². The number of hydrogen-bond donors (Lipinski definition) is 1. The number of benzene rings is 2. The molecule has 3 heterocycles. The quantitative estimate of drug-likeness (QED) is 0.276. The highest BCUT2D eigenvalue weighted by molar-refractivity contribution is 6.04. The van der Waals surface area contributed by atoms with Crippen LogP contribution in [0.5, 0.6) is 0 Å². The van der Waals surface area contributed by atoms with Crippen LogP contribution in [0.1, 0.15) is 32.7 Å². The number of imidazole rings is 2. The van der Waals surface area contributed by atoms with Crippen LogP contribution in [0, 0.1) is 24.7 Å². The molecule has 1 N–H and O–H groups in total. The maximum absolute atomic E-state index is 13.5. The van der Waals surface area contributed by atoms with E-state index in [1.54, 1.807) is 47.2 Å². The van der Waals surface area contributed by atoms with Gasteiger partial charge in [0, 0.05) is 28.7 Å². The fourth-order valence-corrected chi connectivity index (χ4v) is 3.58. The number of nitrogens with zero attached hydrogens (tertiary/aromatic N) is 5. The van der Waals surface area contributed by atoms with Gasteiger partial charge in [-0.15, -0.1) is 0 Å². The molecule has 184 valence electrons. The lowest BCUT2D eigenvalue weighted by atomic mass is 10.0. The number of carbonyl (C=O) groups excluding carboxylic acids is 1. The third-order valence-electron chi connectivity index (χ3n) is 5.45. The first kappa shape index (κ1) is 23.7. The molecule has 2 aromatic carbocycles. The van der Waals surface area contributed by atoms with Gasteiger partial charge in [-0.05, 0) is 60.9 Å². The van der Waals surface area contributed by atoms with E-state index in [1.165, 1.54) is 6.07 Å². The lowest BCUT2D eigenvalue weighted by molar-refractivity contribution is -0.137. The third kappa shape index (κ3) is 5.04. The Bertz CT molecular complexity index is 1710. The summed E-state index contributed by atoms with van der Waals surface area (Å²) in [5.41, 5.74) is 1.59. The van der Waals surface area contributed by atoms with E-state index < -0.39 is 23.6 Å². The van der Waals surface area contributed by atoms with E-state index in [0.717, 1.165) is 34.8 Å². The van der Waals surface area contributed by atoms with E-state index >= 15 is 0 Å². The van der Waals surface area contributed by atoms with Crippen molar-refractivity contribution in [2.24, 2.45) is 0 Å². The molecule has 3 aromatic heterocycles. The number of anilines is 1. The molecule has 5 aromatic rings. The molecule has 0 bridgehead atoms. The van der Waals surface area contributed by atoms with Gasteiger partial charge in [0.25, 0.3) is 5.91 Å². The van der Waals surface area contributed by atoms with Crippen molar-refractivity contribution in [3.8, 4) is 17.5 Å². The Morgan fingerprint density at radius 2 is 1.89 bits per heavy atom. The highest BCUT2D eigenvalue weighted by Crippen LogP contribution is 2.33. The predicted octanol–water partition coefficient (Wildman–Crippen LogP) is 5.03. The zero-order valence-corrected chi connectivity index (χ0v) is 19.1. The second-order valence-corrected chi connectivity index (χ2v) is 8.04. The first-order valence-electron chi connectivity index (χ1n) is 10.8. The zero-order chi connectivity index (χ0) is 26.2. The minimum absolute atomic E-state index is 0.0152. The maximum atomic E-state index is 13.5. The van der Waals surface area contributed by atoms with Gasteiger partial charge in [-0.3, -0.25) is 4.79 Å². The first-order valence-corrected chi connectivity index (χ1v) is 10.8. The van der Waals surface area contributed by atoms with Crippen LogP contribution in [0.2, 0.25) is 0 Å². The molecule has 5 rings (SSSR count). The van der Waals surface area contributed by atoms with Crippen LogP contribution in [0.3, 0.4) is 0 Å². The van der Waals surface area contributed by atoms with E-state index in [9.17, 15) is 22.4 Å². The van der Waals surface area contributed by atoms with Crippen LogP contribution >= 0.6 is 0 Å². The van der Waals surface area contributed by atoms with Gasteiger partial charge in [0.1, 0.15) is 12.0 Å². The normalized spacial score (nSPS) is 11.3. The van der Waals surface area contributed by atoms with E-state index in [-0.39, 0.29) is 16.9 Å². The van der Waals surface area contributed by atoms with Crippen molar-refractivity contribution in [1.29, 1.82) is 0 Å². The van der Waals surface area contributed by atoms with Crippen LogP contribution in [0.4, 0.5) is 23.2 Å². The second kappa shape index (κ2) is 9.23. The molecule has 0 unspecified atom stereocenters. The van der Waals surface area contributed by atoms with Gasteiger partial charge in [0.05, 0.1) is 18.0 Å². The number of halogens is 4. The molecule has 0 aliphatic heterocycles. The van der Waals surface area contributed by atoms with Crippen molar-refractivity contribution in [1.82, 2.24) is 24.1 Å². The van der Waals surface area contributed by atoms with E-state index in [1.807, 2.05) is 6.92 Å². The number of aryl methyl sites for hydroxylation is 1. The van der Waals surface area contributed by atoms with Crippen LogP contribution in [-0.2, 0) is 6.18 Å². The van der Waals surface area contributed by atoms with Gasteiger partial charge in [-0.1, -0.05) is 12.0 Å². The summed E-state index contributed by atoms with van der Waals surface area (Å²) >= 11 is 0. The summed E-state index contributed by atoms with van der Waals surface area (Å²) in [5.74, 6) is 4.50. The molecule has 0 fully saturated rings. The van der Waals surface area contributed by atoms with Crippen molar-refractivity contribution in [3.05, 3.63) is 107 Å². The first-order chi connectivity index (χ1) is 17.7. The van der Waals surface area contributed by atoms with Crippen molar-refractivity contribution >= 4 is 17.2 Å². The molecule has 0 atom stereocenters. The van der Waals surface area contributed by atoms with Gasteiger partial charge in [-0.2, -0.15) is 22.7 Å². The summed E-state index contributed by atoms with van der Waals surface area (Å²) in [7, 11) is 0. The van der Waals surface area contributed by atoms with Crippen molar-refractivity contribution < 1.29 is 22.4 Å². The Morgan fingerprint density at radius 3 is 2.65 bits per heavy atom. The minimum atomic E-state index is -4.69. The molecule has 0 saturated heterocycles. The van der Waals surface area contributed by atoms with Crippen molar-refractivity contribution in [3.63, 3.8) is 0 Å². The Morgan fingerprint density at radius 1 is 1.05 bits per heavy atom. The van der Waals surface area contributed by atoms with E-state index in [4.69, 9.17) is 0 Å². The Kier molecular flexibility index (Phi) is 5.93. The SMILES string of the molecule is Cc1ccc(C(=O)Nc2cc(-n3cnc(F)c3)cc(C(F)(F)F)c2)cc1C#Cc1cnc2cccnn12. The summed E-state index contributed by atoms with van der Waals surface area (Å²) in [6.45, 7) is 1.82. The topological polar surface area (TPSA) is 77.1 Å². The largest absolute Gasteiger partial charge is 0.416 e. The molecule has 0 aliphatic carbocycles. The number of hydrogen-bond acceptors (Lipinski definition) is 4. The standard InChI is InChI=1S/C26H16F4N6O/c1-16-4-5-18(9-17(16)6-7-21-13-31-24-3-2-8-33-36(21)24)25(37)34-20-10-19(26(28,29)30)11-22(12-20)35-14-23(27)32-15-35/h2-5,8-15H,1H3,(H,34,37). The average Bonchev–Trinajstić information content (AvgIpc) is 3.49. The number of fused-ring (bicyclic) bond motifs is 1. The second-order valence-electron chi connectivity index (χ2n) is 8.04. The van der Waals surface area contributed by atoms with Gasteiger partial charge in [0.2, 0.25) is 5.95 Å². The summed E-state index contributed by atoms with van der Waals surface area (Å²) in [6.07, 6.45) is 0.483. The monoisotopic (exact) mass is 504 g/mol. The molecule has 7 nitrogen and oxygen atoms in total. The lowest BCUT2D eigenvalue weighted by Crippen LogP contribution is -2.14. The Balaban J connectivity index is 1.45. The Labute approximate surface area is 207 Å². The lowest BCUT2D eigenvalue weighted by Gasteiger charge is -2.14. The molecule has 0 radical (unpaired) electrons. The van der Waals surface area contributed by atoms with Crippen LogP contribution in [0.25, 0.3) is 11.3 Å². The van der Waals surface area contributed by atoms with Crippen LogP contribution in [0.15, 0.2) is 73.4 Å². The third-order valence-corrected chi connectivity index (χ3v) is 5.45. The number of alkyl halides is 3. The maximum Gasteiger partial charge on any atom is 0.416 e. The smallest absolute Gasteiger partial charge is 0.322 e. The molecular formula is C26H16F4N6O. The molecule has 0 spiro atoms. The Hall–Kier alpha value is -4.98. The molecule has 0 saturated carbocycles. The summed E-state index contributed by atoms with van der Waals surface area (Å²) in [6, 6.07) is 11.3. The van der Waals surface area contributed by atoms with Gasteiger partial charge < -0.3 is 9.88 Å². The van der Waals surface area contributed by atoms with E-state index in [0.29, 0.717) is 16.9 Å². The van der Waals surface area contributed by atoms with Crippen LogP contribution in [-0.4, -0.2) is 30.1 Å². The fourth-order valence-electron chi connectivity index (χ4n) is 3.58. The molecule has 0 aliphatic rings. The summed E-state index contributed by atoms with van der Waals surface area (Å²) in [5, 5.41) is 6.69. The highest BCUT2D eigenvalue weighted by atomic mass is 19.4.